The van der Waals surface area contributed by atoms with Gasteiger partial charge in [0.05, 0.1) is 129 Å². The van der Waals surface area contributed by atoms with Crippen LogP contribution in [0.2, 0.25) is 0 Å². The first-order chi connectivity index (χ1) is 65.2. The zero-order valence-electron chi connectivity index (χ0n) is 82.5. The Kier molecular flexibility index (Phi) is 36.4. The molecule has 6 aromatic rings. The van der Waals surface area contributed by atoms with Gasteiger partial charge < -0.3 is 71.7 Å². The Morgan fingerprint density at radius 3 is 1.15 bits per heavy atom. The Morgan fingerprint density at radius 1 is 0.403 bits per heavy atom. The Balaban J connectivity index is 0.000000185. The maximum atomic E-state index is 14.3. The molecule has 3 radical (unpaired) electrons. The Bertz CT molecular complexity index is 5450. The third kappa shape index (κ3) is 24.5. The molecule has 30 nitrogen and oxygen atoms in total. The summed E-state index contributed by atoms with van der Waals surface area (Å²) in [5.41, 5.74) is 3.78. The molecular formula is C106H133N12O18V3-3. The van der Waals surface area contributed by atoms with Crippen LogP contribution in [-0.2, 0) is 132 Å². The molecule has 17 rings (SSSR count). The molecule has 2 unspecified atom stereocenters. The van der Waals surface area contributed by atoms with E-state index < -0.39 is 99.8 Å². The number of hydrogen-bond donors (Lipinski definition) is 0. The summed E-state index contributed by atoms with van der Waals surface area (Å²) in [6, 6.07) is 20.1. The van der Waals surface area contributed by atoms with Gasteiger partial charge in [-0.1, -0.05) is 119 Å². The van der Waals surface area contributed by atoms with Crippen LogP contribution in [0.25, 0.3) is 33.1 Å². The summed E-state index contributed by atoms with van der Waals surface area (Å²) in [6.45, 7) is 19.5. The molecule has 743 valence electrons. The Labute approximate surface area is 852 Å². The Morgan fingerprint density at radius 2 is 0.770 bits per heavy atom. The number of carbonyl (C=O) groups is 6. The number of carbonyl (C=O) groups excluding carboxylic acids is 9. The summed E-state index contributed by atoms with van der Waals surface area (Å²) in [6.07, 6.45) is 25.4. The van der Waals surface area contributed by atoms with E-state index >= 15 is 0 Å². The van der Waals surface area contributed by atoms with Gasteiger partial charge >= 0.3 is 17.9 Å². The average Bonchev–Trinajstić information content (AvgIpc) is 1.60. The van der Waals surface area contributed by atoms with Crippen molar-refractivity contribution in [3.63, 3.8) is 0 Å². The molecule has 5 aliphatic carbocycles. The van der Waals surface area contributed by atoms with E-state index in [1.807, 2.05) is 124 Å². The number of ether oxygens (including phenoxy) is 9. The molecule has 3 saturated heterocycles. The fraction of sp³-hybridized carbons (Fsp3) is 0.660. The molecule has 22 atom stereocenters. The molecule has 3 aromatic heterocycles. The number of rotatable bonds is 9. The molecule has 11 aliphatic rings. The largest absolute Gasteiger partial charge is 0.540 e. The van der Waals surface area contributed by atoms with Crippen molar-refractivity contribution in [3.8, 4) is 53.1 Å². The van der Waals surface area contributed by atoms with Gasteiger partial charge in [-0.25, -0.2) is 48.8 Å². The number of nitriles is 3. The first-order valence-electron chi connectivity index (χ1n) is 49.5. The van der Waals surface area contributed by atoms with Gasteiger partial charge in [-0.3, -0.25) is 28.8 Å². The molecule has 33 heteroatoms. The molecule has 6 aliphatic heterocycles. The minimum Gasteiger partial charge on any atom is -0.540 e. The summed E-state index contributed by atoms with van der Waals surface area (Å²) in [5.74, 6) is -0.0127. The zero-order chi connectivity index (χ0) is 96.8. The van der Waals surface area contributed by atoms with E-state index in [9.17, 15) is 58.9 Å². The summed E-state index contributed by atoms with van der Waals surface area (Å²) < 4.78 is 54.4. The van der Waals surface area contributed by atoms with Crippen molar-refractivity contribution in [2.75, 3.05) is 41.0 Å². The number of esters is 3. The van der Waals surface area contributed by atoms with Crippen LogP contribution in [0.3, 0.4) is 0 Å². The van der Waals surface area contributed by atoms with Gasteiger partial charge in [0.2, 0.25) is 35.4 Å². The topological polar surface area (TPSA) is 395 Å². The fourth-order valence-electron chi connectivity index (χ4n) is 23.7. The van der Waals surface area contributed by atoms with E-state index in [2.05, 4.69) is 18.2 Å². The number of hydrogen-bond acceptors (Lipinski definition) is 27. The third-order valence-electron chi connectivity index (χ3n) is 31.5. The summed E-state index contributed by atoms with van der Waals surface area (Å²) in [4.78, 5) is 154. The average molecular weight is 2020 g/mol. The first-order valence-corrected chi connectivity index (χ1v) is 49.5. The molecule has 0 N–H and O–H groups in total. The van der Waals surface area contributed by atoms with Gasteiger partial charge in [0.1, 0.15) is 70.5 Å². The zero-order valence-corrected chi connectivity index (χ0v) is 86.7. The molecular weight excluding hydrogens is 1880 g/mol. The van der Waals surface area contributed by atoms with Crippen molar-refractivity contribution < 1.29 is 141 Å². The van der Waals surface area contributed by atoms with Crippen molar-refractivity contribution in [3.05, 3.63) is 71.7 Å². The number of benzene rings is 3. The minimum absolute atomic E-state index is 0. The van der Waals surface area contributed by atoms with E-state index in [1.54, 1.807) is 39.5 Å². The van der Waals surface area contributed by atoms with Gasteiger partial charge in [-0.05, 0) is 210 Å². The van der Waals surface area contributed by atoms with Crippen molar-refractivity contribution in [1.29, 1.82) is 15.8 Å². The van der Waals surface area contributed by atoms with Gasteiger partial charge in [0, 0.05) is 111 Å². The second-order valence-corrected chi connectivity index (χ2v) is 43.3. The third-order valence-corrected chi connectivity index (χ3v) is 31.5. The monoisotopic (exact) mass is 2010 g/mol. The van der Waals surface area contributed by atoms with Crippen LogP contribution in [0.15, 0.2) is 54.6 Å². The van der Waals surface area contributed by atoms with E-state index in [0.717, 1.165) is 127 Å². The number of aromatic nitrogens is 6. The first kappa shape index (κ1) is 108. The summed E-state index contributed by atoms with van der Waals surface area (Å²) in [5, 5.41) is 29.2. The maximum Gasteiger partial charge on any atom is 0.307 e. The van der Waals surface area contributed by atoms with Crippen LogP contribution in [0, 0.1) is 127 Å². The molecule has 139 heavy (non-hydrogen) atoms. The second-order valence-electron chi connectivity index (χ2n) is 43.3. The number of nitrogens with zero attached hydrogens (tertiary/aromatic N) is 12. The summed E-state index contributed by atoms with van der Waals surface area (Å²) in [7, 11) is 4.77. The van der Waals surface area contributed by atoms with Crippen LogP contribution in [0.5, 0.6) is 34.9 Å². The predicted octanol–water partition coefficient (Wildman–Crippen LogP) is 15.8. The van der Waals surface area contributed by atoms with Crippen LogP contribution < -0.4 is 28.4 Å². The van der Waals surface area contributed by atoms with E-state index in [-0.39, 0.29) is 162 Å². The maximum absolute atomic E-state index is 14.3. The molecule has 3 aromatic carbocycles. The minimum atomic E-state index is -1.00. The molecule has 0 spiro atoms. The quantitative estimate of drug-likeness (QED) is 0.0737. The van der Waals surface area contributed by atoms with Gasteiger partial charge in [-0.15, -0.1) is 0 Å². The molecule has 9 heterocycles. The van der Waals surface area contributed by atoms with E-state index in [4.69, 9.17) is 72.5 Å². The van der Waals surface area contributed by atoms with Gasteiger partial charge in [-0.2, -0.15) is 15.8 Å². The Hall–Kier alpha value is -9.47. The molecule has 5 saturated carbocycles. The molecule has 8 bridgehead atoms. The second kappa shape index (κ2) is 46.7. The number of fused-ring (bicyclic) bond motifs is 21. The van der Waals surface area contributed by atoms with Crippen LogP contribution in [0.1, 0.15) is 253 Å². The van der Waals surface area contributed by atoms with Crippen molar-refractivity contribution in [1.82, 2.24) is 44.6 Å². The number of methoxy groups -OCH3 is 3. The van der Waals surface area contributed by atoms with Crippen molar-refractivity contribution >= 4 is 87.6 Å². The summed E-state index contributed by atoms with van der Waals surface area (Å²) >= 11 is 0. The van der Waals surface area contributed by atoms with Crippen molar-refractivity contribution in [2.45, 2.75) is 310 Å². The number of aryl methyl sites for hydroxylation is 3. The molecule has 3 amide bonds. The SMILES string of the molecule is COc1ccc2nc3c(nc2c1)O[C@H]1CN(C(=O)[C@H](C(C)(C)C)CC(=O)O[C@@H]2CC4CC4[C@H]2CCCCC3)[C@H]([C-]=O)[C@@H]1CC#N.COc1ccc2nc3c(nc2c1)O[C@H]1CN(C(=O)[C@H](C(C)(C)C)CC(=O)O[C@@H]2[C@H]4CC[C@H](C4)[C@H]2CCCCC3)[C@H]([C-]=O)[C@@H]1CC#N.COc1ccc2nc3c(nc2c1)O[C@H]1CN(C(=O)[C@H](C(C)(C)C)CC(=O)O[C@]2(C)CCC[C@H]2CCCCC3)[C@H]([C-]=O)[C@@H]1CC#N.[V].[V].[V]. The predicted molar refractivity (Wildman–Crippen MR) is 501 cm³/mol. The van der Waals surface area contributed by atoms with Crippen molar-refractivity contribution in [2.24, 2.45) is 93.2 Å². The van der Waals surface area contributed by atoms with Crippen LogP contribution >= 0.6 is 0 Å². The van der Waals surface area contributed by atoms with Crippen LogP contribution in [0.4, 0.5) is 0 Å². The molecule has 8 fully saturated rings. The normalized spacial score (nSPS) is 30.7. The van der Waals surface area contributed by atoms with Crippen LogP contribution in [-0.4, -0.2) is 194 Å². The van der Waals surface area contributed by atoms with E-state index in [1.165, 1.54) is 27.5 Å². The van der Waals surface area contributed by atoms with Gasteiger partial charge in [0.15, 0.2) is 0 Å². The van der Waals surface area contributed by atoms with Gasteiger partial charge in [0.25, 0.3) is 0 Å². The fourth-order valence-corrected chi connectivity index (χ4v) is 23.7. The smallest absolute Gasteiger partial charge is 0.307 e. The standard InChI is InChI=1S/C36H45N4O6.C35H43N4O6.C35H45N4O6.3V/c1-36(2,3)26-18-32(42)46-33-22-11-10-21(16-22)24(33)8-6-5-7-9-28-34(39-29-17-23(44-4)12-13-27(29)38-28)45-31-19-40(35(26)43)30(20-41)25(31)14-15-37;1-35(2,3)25-17-32(41)44-30-15-20-14-24(20)22(30)8-6-5-7-9-27-33(38-28-16-21(43-4)10-11-26(28)37-27)45-31-18-39(34(25)42)29(19-40)23(31)12-13-36;1-34(2,3)25-19-31(41)45-35(4)16-9-11-22(35)10-7-6-8-12-27-32(38-28-18-23(43-5)13-14-26(28)37-27)44-30-20-39(33(25)42)29(21-40)24(30)15-17-36;;;/h12-13,17,21-22,24-26,30-31,33H,5-11,14,16,18-19H2,1-4H3;10-11,16,20,22-25,29-31H,5-9,12,14-15,17-18H2,1-4H3;13-14,18,22,24-25,29-30H,6-12,15-16,19-20H2,1-5H3;;;/q3*-1;;;/t21-,22+,24-,25+,26-,30-,31+,33-;20?,22-,23+,24?,25-,29-,30-,31+;22-,24+,25-,29-,30+,35-;;;/m111.../s1. The number of amides is 3. The van der Waals surface area contributed by atoms with E-state index in [0.29, 0.717) is 129 Å².